The highest BCUT2D eigenvalue weighted by Crippen LogP contribution is 2.23. The van der Waals surface area contributed by atoms with E-state index >= 15 is 0 Å². The van der Waals surface area contributed by atoms with Gasteiger partial charge in [0.1, 0.15) is 17.7 Å². The van der Waals surface area contributed by atoms with Crippen molar-refractivity contribution < 1.29 is 24.2 Å². The van der Waals surface area contributed by atoms with Crippen LogP contribution in [-0.2, 0) is 14.3 Å². The number of alkyl carbamates (subject to hydrolysis) is 1. The number of hydrogen-bond donors (Lipinski definition) is 3. The molecular weight excluding hydrogens is 442 g/mol. The lowest BCUT2D eigenvalue weighted by Gasteiger charge is -2.34. The van der Waals surface area contributed by atoms with Crippen molar-refractivity contribution in [3.05, 3.63) is 35.9 Å². The predicted molar refractivity (Wildman–Crippen MR) is 132 cm³/mol. The topological polar surface area (TPSA) is 108 Å². The smallest absolute Gasteiger partial charge is 0.408 e. The molecule has 0 aliphatic rings. The fraction of sp³-hybridized carbons (Fsp3) is 0.625. The molecule has 1 aromatic carbocycles. The van der Waals surface area contributed by atoms with Gasteiger partial charge in [0.2, 0.25) is 11.8 Å². The number of aliphatic hydroxyl groups excluding tert-OH is 1. The number of benzene rings is 1. The summed E-state index contributed by atoms with van der Waals surface area (Å²) in [6.45, 7) is 7.39. The summed E-state index contributed by atoms with van der Waals surface area (Å²) >= 11 is 1.55. The Labute approximate surface area is 201 Å². The van der Waals surface area contributed by atoms with Gasteiger partial charge in [-0.1, -0.05) is 43.7 Å². The Kier molecular flexibility index (Phi) is 12.9. The van der Waals surface area contributed by atoms with Gasteiger partial charge in [0.25, 0.3) is 0 Å². The summed E-state index contributed by atoms with van der Waals surface area (Å²) in [6.07, 6.45) is 3.31. The van der Waals surface area contributed by atoms with Gasteiger partial charge in [0.05, 0.1) is 6.61 Å². The Bertz CT molecular complexity index is 739. The molecule has 1 aromatic rings. The normalized spacial score (nSPS) is 13.0. The lowest BCUT2D eigenvalue weighted by Crippen LogP contribution is -2.54. The lowest BCUT2D eigenvalue weighted by molar-refractivity contribution is -0.143. The van der Waals surface area contributed by atoms with E-state index in [-0.39, 0.29) is 19.1 Å². The Morgan fingerprint density at radius 2 is 1.85 bits per heavy atom. The summed E-state index contributed by atoms with van der Waals surface area (Å²) in [4.78, 5) is 40.6. The van der Waals surface area contributed by atoms with Crippen molar-refractivity contribution in [3.8, 4) is 0 Å². The first-order chi connectivity index (χ1) is 15.6. The fourth-order valence-electron chi connectivity index (χ4n) is 3.21. The van der Waals surface area contributed by atoms with Crippen molar-refractivity contribution in [1.29, 1.82) is 0 Å². The zero-order chi connectivity index (χ0) is 24.9. The number of ether oxygens (including phenoxy) is 1. The van der Waals surface area contributed by atoms with Crippen molar-refractivity contribution in [1.82, 2.24) is 15.5 Å². The van der Waals surface area contributed by atoms with Crippen LogP contribution in [0, 0.1) is 0 Å². The summed E-state index contributed by atoms with van der Waals surface area (Å²) in [5, 5.41) is 15.3. The van der Waals surface area contributed by atoms with E-state index in [1.807, 2.05) is 19.2 Å². The molecule has 3 N–H and O–H groups in total. The minimum absolute atomic E-state index is 0.0502. The molecule has 33 heavy (non-hydrogen) atoms. The van der Waals surface area contributed by atoms with Gasteiger partial charge in [-0.15, -0.1) is 0 Å². The van der Waals surface area contributed by atoms with E-state index in [1.54, 1.807) is 56.8 Å². The molecule has 0 bridgehead atoms. The largest absolute Gasteiger partial charge is 0.444 e. The number of thioether (sulfide) groups is 1. The fourth-order valence-corrected chi connectivity index (χ4v) is 3.68. The van der Waals surface area contributed by atoms with Gasteiger partial charge in [-0.05, 0) is 51.2 Å². The van der Waals surface area contributed by atoms with Crippen LogP contribution in [0.2, 0.25) is 0 Å². The molecule has 0 heterocycles. The third-order valence-corrected chi connectivity index (χ3v) is 5.37. The first-order valence-electron chi connectivity index (χ1n) is 11.4. The average molecular weight is 482 g/mol. The summed E-state index contributed by atoms with van der Waals surface area (Å²) in [5.74, 6) is -0.140. The third kappa shape index (κ3) is 10.5. The van der Waals surface area contributed by atoms with Crippen LogP contribution in [0.4, 0.5) is 4.79 Å². The van der Waals surface area contributed by atoms with Gasteiger partial charge < -0.3 is 25.4 Å². The second-order valence-electron chi connectivity index (χ2n) is 8.69. The molecule has 0 saturated heterocycles. The molecule has 0 aliphatic heterocycles. The van der Waals surface area contributed by atoms with Crippen molar-refractivity contribution in [2.24, 2.45) is 0 Å². The van der Waals surface area contributed by atoms with Gasteiger partial charge in [-0.2, -0.15) is 11.8 Å². The third-order valence-electron chi connectivity index (χ3n) is 4.73. The molecule has 2 atom stereocenters. The van der Waals surface area contributed by atoms with Gasteiger partial charge in [0.15, 0.2) is 0 Å². The minimum Gasteiger partial charge on any atom is -0.444 e. The number of unbranched alkanes of at least 4 members (excludes halogenated alkanes) is 1. The van der Waals surface area contributed by atoms with Crippen molar-refractivity contribution in [2.75, 3.05) is 31.7 Å². The number of carbonyl (C=O) groups is 3. The van der Waals surface area contributed by atoms with Crippen molar-refractivity contribution >= 4 is 29.7 Å². The number of nitrogens with one attached hydrogen (secondary N) is 2. The zero-order valence-corrected chi connectivity index (χ0v) is 21.2. The molecule has 0 aromatic heterocycles. The first kappa shape index (κ1) is 28.8. The van der Waals surface area contributed by atoms with Crippen LogP contribution in [0.3, 0.4) is 0 Å². The van der Waals surface area contributed by atoms with E-state index < -0.39 is 29.7 Å². The van der Waals surface area contributed by atoms with Crippen LogP contribution in [-0.4, -0.2) is 71.3 Å². The maximum absolute atomic E-state index is 13.6. The molecule has 2 unspecified atom stereocenters. The van der Waals surface area contributed by atoms with Crippen LogP contribution < -0.4 is 10.6 Å². The maximum atomic E-state index is 13.6. The lowest BCUT2D eigenvalue weighted by atomic mass is 10.0. The van der Waals surface area contributed by atoms with Crippen LogP contribution in [0.1, 0.15) is 58.6 Å². The second-order valence-corrected chi connectivity index (χ2v) is 9.68. The molecule has 9 heteroatoms. The van der Waals surface area contributed by atoms with Crippen LogP contribution in [0.15, 0.2) is 30.3 Å². The van der Waals surface area contributed by atoms with Gasteiger partial charge >= 0.3 is 6.09 Å². The quantitative estimate of drug-likeness (QED) is 0.374. The predicted octanol–water partition coefficient (Wildman–Crippen LogP) is 3.11. The monoisotopic (exact) mass is 481 g/mol. The number of amides is 3. The average Bonchev–Trinajstić information content (AvgIpc) is 2.75. The van der Waals surface area contributed by atoms with E-state index in [1.165, 1.54) is 4.90 Å². The number of nitrogens with zero attached hydrogens (tertiary/aromatic N) is 1. The SMILES string of the molecule is CCCCNC(=O)C(c1ccccc1)N(CCO)C(=O)C(CCSC)NC(=O)OC(C)(C)C. The highest BCUT2D eigenvalue weighted by molar-refractivity contribution is 7.98. The Hall–Kier alpha value is -2.26. The summed E-state index contributed by atoms with van der Waals surface area (Å²) in [5.41, 5.74) is -0.0811. The molecule has 0 saturated carbocycles. The number of aliphatic hydroxyl groups is 1. The molecule has 1 rings (SSSR count). The second kappa shape index (κ2) is 14.8. The van der Waals surface area contributed by atoms with Crippen LogP contribution >= 0.6 is 11.8 Å². The summed E-state index contributed by atoms with van der Waals surface area (Å²) in [6, 6.07) is 7.16. The molecule has 0 fully saturated rings. The van der Waals surface area contributed by atoms with Crippen LogP contribution in [0.5, 0.6) is 0 Å². The zero-order valence-electron chi connectivity index (χ0n) is 20.4. The molecule has 0 radical (unpaired) electrons. The standard InChI is InChI=1S/C24H39N3O5S/c1-6-7-14-25-21(29)20(18-11-9-8-10-12-18)27(15-16-28)22(30)19(13-17-33-5)26-23(31)32-24(2,3)4/h8-12,19-20,28H,6-7,13-17H2,1-5H3,(H,25,29)(H,26,31). The maximum Gasteiger partial charge on any atom is 0.408 e. The molecule has 0 aliphatic carbocycles. The van der Waals surface area contributed by atoms with Crippen molar-refractivity contribution in [3.63, 3.8) is 0 Å². The first-order valence-corrected chi connectivity index (χ1v) is 12.8. The van der Waals surface area contributed by atoms with E-state index in [0.717, 1.165) is 12.8 Å². The Morgan fingerprint density at radius 3 is 2.39 bits per heavy atom. The Morgan fingerprint density at radius 1 is 1.18 bits per heavy atom. The molecule has 0 spiro atoms. The molecule has 3 amide bonds. The van der Waals surface area contributed by atoms with Gasteiger partial charge in [0, 0.05) is 13.1 Å². The molecular formula is C24H39N3O5S. The van der Waals surface area contributed by atoms with Gasteiger partial charge in [-0.3, -0.25) is 9.59 Å². The summed E-state index contributed by atoms with van der Waals surface area (Å²) < 4.78 is 5.34. The summed E-state index contributed by atoms with van der Waals surface area (Å²) in [7, 11) is 0. The number of rotatable bonds is 13. The minimum atomic E-state index is -0.931. The highest BCUT2D eigenvalue weighted by atomic mass is 32.2. The Balaban J connectivity index is 3.26. The van der Waals surface area contributed by atoms with E-state index in [2.05, 4.69) is 10.6 Å². The number of carbonyl (C=O) groups excluding carboxylic acids is 3. The van der Waals surface area contributed by atoms with E-state index in [0.29, 0.717) is 24.3 Å². The molecule has 8 nitrogen and oxygen atoms in total. The van der Waals surface area contributed by atoms with Crippen molar-refractivity contribution in [2.45, 2.75) is 64.6 Å². The van der Waals surface area contributed by atoms with Crippen LogP contribution in [0.25, 0.3) is 0 Å². The van der Waals surface area contributed by atoms with Gasteiger partial charge in [-0.25, -0.2) is 4.79 Å². The number of hydrogen-bond acceptors (Lipinski definition) is 6. The van der Waals surface area contributed by atoms with E-state index in [4.69, 9.17) is 4.74 Å². The van der Waals surface area contributed by atoms with E-state index in [9.17, 15) is 19.5 Å². The molecule has 186 valence electrons. The highest BCUT2D eigenvalue weighted by Gasteiger charge is 2.35.